The second-order valence-corrected chi connectivity index (χ2v) is 6.74. The van der Waals surface area contributed by atoms with Gasteiger partial charge in [-0.15, -0.1) is 0 Å². The molecule has 3 heterocycles. The van der Waals surface area contributed by atoms with Gasteiger partial charge in [0.05, 0.1) is 11.5 Å². The third-order valence-electron chi connectivity index (χ3n) is 4.51. The Balaban J connectivity index is 1.82. The molecule has 2 aliphatic heterocycles. The molecule has 2 saturated heterocycles. The van der Waals surface area contributed by atoms with Gasteiger partial charge in [0.25, 0.3) is 0 Å². The summed E-state index contributed by atoms with van der Waals surface area (Å²) in [6.07, 6.45) is 2.15. The van der Waals surface area contributed by atoms with Gasteiger partial charge in [-0.05, 0) is 26.4 Å². The molecule has 106 valence electrons. The SMILES string of the molecule is CCC1(c2nc(C3CSCCN3C)no2)CCNC1. The molecule has 0 radical (unpaired) electrons. The van der Waals surface area contributed by atoms with Crippen LogP contribution < -0.4 is 5.32 Å². The van der Waals surface area contributed by atoms with Crippen molar-refractivity contribution < 1.29 is 4.52 Å². The predicted molar refractivity (Wildman–Crippen MR) is 76.4 cm³/mol. The van der Waals surface area contributed by atoms with Crippen molar-refractivity contribution in [2.75, 3.05) is 38.2 Å². The van der Waals surface area contributed by atoms with Crippen LogP contribution in [0.25, 0.3) is 0 Å². The van der Waals surface area contributed by atoms with E-state index in [1.54, 1.807) is 0 Å². The van der Waals surface area contributed by atoms with E-state index >= 15 is 0 Å². The molecule has 5 nitrogen and oxygen atoms in total. The normalized spacial score (nSPS) is 32.8. The summed E-state index contributed by atoms with van der Waals surface area (Å²) < 4.78 is 5.61. The number of hydrogen-bond donors (Lipinski definition) is 1. The molecule has 0 bridgehead atoms. The lowest BCUT2D eigenvalue weighted by molar-refractivity contribution is 0.251. The Bertz CT molecular complexity index is 430. The first-order valence-electron chi connectivity index (χ1n) is 7.08. The smallest absolute Gasteiger partial charge is 0.234 e. The molecule has 6 heteroatoms. The van der Waals surface area contributed by atoms with E-state index in [2.05, 4.69) is 29.3 Å². The van der Waals surface area contributed by atoms with Crippen LogP contribution in [0, 0.1) is 0 Å². The Morgan fingerprint density at radius 2 is 2.47 bits per heavy atom. The lowest BCUT2D eigenvalue weighted by atomic mass is 9.84. The van der Waals surface area contributed by atoms with Crippen molar-refractivity contribution >= 4 is 11.8 Å². The van der Waals surface area contributed by atoms with Crippen molar-refractivity contribution in [2.45, 2.75) is 31.2 Å². The maximum atomic E-state index is 5.61. The summed E-state index contributed by atoms with van der Waals surface area (Å²) >= 11 is 1.97. The highest BCUT2D eigenvalue weighted by atomic mass is 32.2. The second-order valence-electron chi connectivity index (χ2n) is 5.59. The number of nitrogens with one attached hydrogen (secondary N) is 1. The van der Waals surface area contributed by atoms with Crippen molar-refractivity contribution in [3.05, 3.63) is 11.7 Å². The minimum Gasteiger partial charge on any atom is -0.339 e. The lowest BCUT2D eigenvalue weighted by Crippen LogP contribution is -2.33. The molecule has 1 aromatic rings. The van der Waals surface area contributed by atoms with Crippen LogP contribution in [0.5, 0.6) is 0 Å². The minimum atomic E-state index is 0.0611. The highest BCUT2D eigenvalue weighted by Crippen LogP contribution is 2.34. The third-order valence-corrected chi connectivity index (χ3v) is 5.53. The topological polar surface area (TPSA) is 54.2 Å². The van der Waals surface area contributed by atoms with Crippen LogP contribution in [-0.2, 0) is 5.41 Å². The molecular weight excluding hydrogens is 260 g/mol. The van der Waals surface area contributed by atoms with E-state index < -0.39 is 0 Å². The molecule has 19 heavy (non-hydrogen) atoms. The summed E-state index contributed by atoms with van der Waals surface area (Å²) in [4.78, 5) is 7.07. The van der Waals surface area contributed by atoms with Crippen molar-refractivity contribution in [3.8, 4) is 0 Å². The van der Waals surface area contributed by atoms with Crippen molar-refractivity contribution in [3.63, 3.8) is 0 Å². The van der Waals surface area contributed by atoms with Crippen LogP contribution in [0.2, 0.25) is 0 Å². The summed E-state index contributed by atoms with van der Waals surface area (Å²) in [5, 5.41) is 7.68. The molecule has 0 spiro atoms. The van der Waals surface area contributed by atoms with Crippen LogP contribution >= 0.6 is 11.8 Å². The largest absolute Gasteiger partial charge is 0.339 e. The van der Waals surface area contributed by atoms with Gasteiger partial charge < -0.3 is 9.84 Å². The number of aromatic nitrogens is 2. The van der Waals surface area contributed by atoms with E-state index in [4.69, 9.17) is 9.51 Å². The van der Waals surface area contributed by atoms with E-state index in [1.165, 1.54) is 5.75 Å². The fourth-order valence-electron chi connectivity index (χ4n) is 2.92. The van der Waals surface area contributed by atoms with Gasteiger partial charge in [-0.25, -0.2) is 0 Å². The fourth-order valence-corrected chi connectivity index (χ4v) is 4.13. The average molecular weight is 282 g/mol. The molecule has 2 aliphatic rings. The Hall–Kier alpha value is -0.590. The third kappa shape index (κ3) is 2.41. The summed E-state index contributed by atoms with van der Waals surface area (Å²) in [6.45, 7) is 5.31. The monoisotopic (exact) mass is 282 g/mol. The van der Waals surface area contributed by atoms with Gasteiger partial charge >= 0.3 is 0 Å². The first-order chi connectivity index (χ1) is 9.25. The van der Waals surface area contributed by atoms with Gasteiger partial charge in [0.15, 0.2) is 5.82 Å². The Morgan fingerprint density at radius 1 is 1.58 bits per heavy atom. The summed E-state index contributed by atoms with van der Waals surface area (Å²) in [6, 6.07) is 0.305. The molecule has 1 N–H and O–H groups in total. The van der Waals surface area contributed by atoms with Crippen molar-refractivity contribution in [2.24, 2.45) is 0 Å². The highest BCUT2D eigenvalue weighted by molar-refractivity contribution is 7.99. The molecule has 1 aromatic heterocycles. The van der Waals surface area contributed by atoms with Crippen molar-refractivity contribution in [1.82, 2.24) is 20.4 Å². The first kappa shape index (κ1) is 13.4. The Kier molecular flexibility index (Phi) is 3.82. The Morgan fingerprint density at radius 3 is 3.16 bits per heavy atom. The molecule has 2 fully saturated rings. The maximum absolute atomic E-state index is 5.61. The first-order valence-corrected chi connectivity index (χ1v) is 8.23. The Labute approximate surface area is 118 Å². The van der Waals surface area contributed by atoms with Crippen LogP contribution in [0.1, 0.15) is 37.5 Å². The zero-order valence-corrected chi connectivity index (χ0v) is 12.5. The van der Waals surface area contributed by atoms with E-state index in [9.17, 15) is 0 Å². The summed E-state index contributed by atoms with van der Waals surface area (Å²) in [5.41, 5.74) is 0.0611. The fraction of sp³-hybridized carbons (Fsp3) is 0.846. The van der Waals surface area contributed by atoms with Crippen LogP contribution in [-0.4, -0.2) is 53.2 Å². The molecule has 0 amide bonds. The van der Waals surface area contributed by atoms with E-state index in [1.807, 2.05) is 11.8 Å². The predicted octanol–water partition coefficient (Wildman–Crippen LogP) is 1.43. The number of rotatable bonds is 3. The zero-order chi connectivity index (χ0) is 13.3. The van der Waals surface area contributed by atoms with E-state index in [0.717, 1.165) is 49.9 Å². The molecule has 0 aliphatic carbocycles. The number of hydrogen-bond acceptors (Lipinski definition) is 6. The van der Waals surface area contributed by atoms with Gasteiger partial charge in [-0.3, -0.25) is 4.90 Å². The van der Waals surface area contributed by atoms with Crippen LogP contribution in [0.4, 0.5) is 0 Å². The van der Waals surface area contributed by atoms with Crippen LogP contribution in [0.3, 0.4) is 0 Å². The van der Waals surface area contributed by atoms with Crippen LogP contribution in [0.15, 0.2) is 4.52 Å². The molecule has 0 saturated carbocycles. The maximum Gasteiger partial charge on any atom is 0.234 e. The number of nitrogens with zero attached hydrogens (tertiary/aromatic N) is 3. The number of thioether (sulfide) groups is 1. The molecule has 2 unspecified atom stereocenters. The van der Waals surface area contributed by atoms with E-state index in [0.29, 0.717) is 6.04 Å². The molecule has 3 rings (SSSR count). The quantitative estimate of drug-likeness (QED) is 0.905. The second kappa shape index (κ2) is 5.42. The summed E-state index contributed by atoms with van der Waals surface area (Å²) in [7, 11) is 2.15. The summed E-state index contributed by atoms with van der Waals surface area (Å²) in [5.74, 6) is 3.95. The standard InChI is InChI=1S/C13H22N4OS/c1-3-13(4-5-14-9-13)12-15-11(16-18-12)10-8-19-7-6-17(10)2/h10,14H,3-9H2,1-2H3. The minimum absolute atomic E-state index is 0.0611. The molecule has 2 atom stereocenters. The zero-order valence-electron chi connectivity index (χ0n) is 11.7. The highest BCUT2D eigenvalue weighted by Gasteiger charge is 2.40. The van der Waals surface area contributed by atoms with Gasteiger partial charge in [-0.1, -0.05) is 12.1 Å². The lowest BCUT2D eigenvalue weighted by Gasteiger charge is -2.29. The molecular formula is C13H22N4OS. The average Bonchev–Trinajstić information content (AvgIpc) is 3.09. The van der Waals surface area contributed by atoms with Gasteiger partial charge in [0.1, 0.15) is 0 Å². The van der Waals surface area contributed by atoms with E-state index in [-0.39, 0.29) is 5.41 Å². The van der Waals surface area contributed by atoms with Gasteiger partial charge in [0.2, 0.25) is 5.89 Å². The van der Waals surface area contributed by atoms with Crippen molar-refractivity contribution in [1.29, 1.82) is 0 Å². The van der Waals surface area contributed by atoms with Gasteiger partial charge in [0, 0.05) is 24.6 Å². The molecule has 0 aromatic carbocycles. The van der Waals surface area contributed by atoms with Gasteiger partial charge in [-0.2, -0.15) is 16.7 Å².